The van der Waals surface area contributed by atoms with Crippen molar-refractivity contribution in [2.24, 2.45) is 0 Å². The van der Waals surface area contributed by atoms with Crippen molar-refractivity contribution in [2.45, 2.75) is 28.8 Å². The Kier molecular flexibility index (Phi) is 5.92. The number of nitrogens with zero attached hydrogens (tertiary/aromatic N) is 3. The van der Waals surface area contributed by atoms with Crippen LogP contribution in [0, 0.1) is 0 Å². The highest BCUT2D eigenvalue weighted by Gasteiger charge is 2.54. The number of thioether (sulfide) groups is 2. The number of aliphatic hydroxyl groups is 1. The van der Waals surface area contributed by atoms with Gasteiger partial charge in [-0.05, 0) is 22.4 Å². The second kappa shape index (κ2) is 8.44. The lowest BCUT2D eigenvalue weighted by Gasteiger charge is -2.49. The standard InChI is InChI=1S/C16H14N4O5S4/c21-4-10-18-19-16(29-10)28-8-6-27-14-11(13(23)20(14)12(8)15(24)25)17-9(22)3-7-1-2-26-5-7/h1-2,5,11,14,21H,3-4,6H2,(H,17,22)(H,24,25)/t11-,14-/m1/s1. The molecular formula is C16H14N4O5S4. The molecule has 0 aliphatic carbocycles. The molecule has 2 aromatic rings. The second-order valence-electron chi connectivity index (χ2n) is 6.06. The number of carboxylic acids is 1. The molecule has 0 radical (unpaired) electrons. The smallest absolute Gasteiger partial charge is 0.353 e. The van der Waals surface area contributed by atoms with E-state index in [2.05, 4.69) is 15.5 Å². The summed E-state index contributed by atoms with van der Waals surface area (Å²) >= 11 is 5.18. The van der Waals surface area contributed by atoms with Crippen LogP contribution in [0.2, 0.25) is 0 Å². The average molecular weight is 471 g/mol. The molecule has 4 heterocycles. The summed E-state index contributed by atoms with van der Waals surface area (Å²) < 4.78 is 0.496. The van der Waals surface area contributed by atoms with Gasteiger partial charge in [-0.25, -0.2) is 4.79 Å². The van der Waals surface area contributed by atoms with Crippen LogP contribution in [0.3, 0.4) is 0 Å². The molecular weight excluding hydrogens is 456 g/mol. The molecule has 29 heavy (non-hydrogen) atoms. The third kappa shape index (κ3) is 4.05. The number of carboxylic acid groups (broad SMARTS) is 1. The predicted molar refractivity (Wildman–Crippen MR) is 109 cm³/mol. The lowest BCUT2D eigenvalue weighted by atomic mass is 10.0. The number of thiophene rings is 1. The van der Waals surface area contributed by atoms with Gasteiger partial charge in [-0.2, -0.15) is 11.3 Å². The first-order valence-corrected chi connectivity index (χ1v) is 11.9. The number of amides is 2. The minimum absolute atomic E-state index is 0.0900. The number of carbonyl (C=O) groups excluding carboxylic acids is 2. The largest absolute Gasteiger partial charge is 0.477 e. The van der Waals surface area contributed by atoms with Crippen molar-refractivity contribution in [3.05, 3.63) is 38.0 Å². The highest BCUT2D eigenvalue weighted by Crippen LogP contribution is 2.45. The summed E-state index contributed by atoms with van der Waals surface area (Å²) in [5, 5.41) is 33.0. The first kappa shape index (κ1) is 20.3. The Balaban J connectivity index is 1.48. The number of nitrogens with one attached hydrogen (secondary N) is 1. The van der Waals surface area contributed by atoms with Crippen molar-refractivity contribution in [2.75, 3.05) is 5.75 Å². The molecule has 3 N–H and O–H groups in total. The third-order valence-corrected chi connectivity index (χ3v) is 8.43. The maximum absolute atomic E-state index is 12.6. The summed E-state index contributed by atoms with van der Waals surface area (Å²) in [5.41, 5.74) is 0.782. The van der Waals surface area contributed by atoms with E-state index in [1.54, 1.807) is 0 Å². The van der Waals surface area contributed by atoms with Crippen LogP contribution in [0.5, 0.6) is 0 Å². The summed E-state index contributed by atoms with van der Waals surface area (Å²) in [4.78, 5) is 38.4. The quantitative estimate of drug-likeness (QED) is 0.509. The topological polar surface area (TPSA) is 133 Å². The van der Waals surface area contributed by atoms with Crippen molar-refractivity contribution < 1.29 is 24.6 Å². The number of β-lactam (4-membered cyclic amide) rings is 1. The fourth-order valence-electron chi connectivity index (χ4n) is 2.92. The molecule has 152 valence electrons. The summed E-state index contributed by atoms with van der Waals surface area (Å²) in [6.07, 6.45) is 0.178. The van der Waals surface area contributed by atoms with Crippen LogP contribution in [0.4, 0.5) is 0 Å². The van der Waals surface area contributed by atoms with Gasteiger partial charge in [-0.3, -0.25) is 14.5 Å². The Hall–Kier alpha value is -1.93. The zero-order valence-electron chi connectivity index (χ0n) is 14.6. The predicted octanol–water partition coefficient (Wildman–Crippen LogP) is 1.12. The van der Waals surface area contributed by atoms with E-state index in [-0.39, 0.29) is 24.6 Å². The van der Waals surface area contributed by atoms with E-state index in [0.717, 1.165) is 17.3 Å². The Morgan fingerprint density at radius 1 is 1.38 bits per heavy atom. The van der Waals surface area contributed by atoms with E-state index in [9.17, 15) is 19.5 Å². The number of hydrogen-bond acceptors (Lipinski definition) is 10. The molecule has 0 aromatic carbocycles. The summed E-state index contributed by atoms with van der Waals surface area (Å²) in [6.45, 7) is -0.239. The lowest BCUT2D eigenvalue weighted by Crippen LogP contribution is -2.70. The summed E-state index contributed by atoms with van der Waals surface area (Å²) in [6, 6.07) is 1.11. The number of aromatic nitrogens is 2. The molecule has 1 fully saturated rings. The molecule has 2 aliphatic heterocycles. The van der Waals surface area contributed by atoms with Gasteiger partial charge in [0.1, 0.15) is 22.1 Å². The number of hydrogen-bond donors (Lipinski definition) is 3. The molecule has 1 saturated heterocycles. The van der Waals surface area contributed by atoms with E-state index >= 15 is 0 Å². The molecule has 13 heteroatoms. The van der Waals surface area contributed by atoms with Crippen LogP contribution in [0.15, 0.2) is 31.8 Å². The number of fused-ring (bicyclic) bond motifs is 1. The highest BCUT2D eigenvalue weighted by atomic mass is 32.2. The number of rotatable bonds is 7. The van der Waals surface area contributed by atoms with Crippen LogP contribution in [-0.4, -0.2) is 60.3 Å². The van der Waals surface area contributed by atoms with E-state index < -0.39 is 23.3 Å². The van der Waals surface area contributed by atoms with Crippen molar-refractivity contribution >= 4 is 64.0 Å². The Morgan fingerprint density at radius 2 is 2.21 bits per heavy atom. The van der Waals surface area contributed by atoms with E-state index in [4.69, 9.17) is 5.11 Å². The highest BCUT2D eigenvalue weighted by molar-refractivity contribution is 8.07. The third-order valence-electron chi connectivity index (χ3n) is 4.19. The zero-order chi connectivity index (χ0) is 20.5. The van der Waals surface area contributed by atoms with Gasteiger partial charge in [-0.1, -0.05) is 23.1 Å². The van der Waals surface area contributed by atoms with E-state index in [1.165, 1.54) is 39.3 Å². The van der Waals surface area contributed by atoms with Crippen LogP contribution in [0.1, 0.15) is 10.6 Å². The number of aliphatic hydroxyl groups excluding tert-OH is 1. The zero-order valence-corrected chi connectivity index (χ0v) is 17.9. The minimum atomic E-state index is -1.21. The van der Waals surface area contributed by atoms with Crippen molar-refractivity contribution in [1.82, 2.24) is 20.4 Å². The van der Waals surface area contributed by atoms with Crippen LogP contribution in [0.25, 0.3) is 0 Å². The molecule has 0 bridgehead atoms. The van der Waals surface area contributed by atoms with Gasteiger partial charge in [0, 0.05) is 10.7 Å². The fraction of sp³-hybridized carbons (Fsp3) is 0.312. The molecule has 2 aliphatic rings. The van der Waals surface area contributed by atoms with Crippen LogP contribution < -0.4 is 5.32 Å². The lowest BCUT2D eigenvalue weighted by molar-refractivity contribution is -0.150. The Morgan fingerprint density at radius 3 is 2.86 bits per heavy atom. The van der Waals surface area contributed by atoms with Gasteiger partial charge in [0.2, 0.25) is 5.91 Å². The first-order valence-electron chi connectivity index (χ1n) is 8.30. The monoisotopic (exact) mass is 470 g/mol. The normalized spacial score (nSPS) is 21.0. The van der Waals surface area contributed by atoms with Gasteiger partial charge < -0.3 is 15.5 Å². The van der Waals surface area contributed by atoms with Crippen LogP contribution in [-0.2, 0) is 27.4 Å². The molecule has 2 amide bonds. The molecule has 9 nitrogen and oxygen atoms in total. The van der Waals surface area contributed by atoms with Gasteiger partial charge in [0.25, 0.3) is 5.91 Å². The summed E-state index contributed by atoms with van der Waals surface area (Å²) in [5.74, 6) is -1.55. The minimum Gasteiger partial charge on any atom is -0.477 e. The van der Waals surface area contributed by atoms with Crippen molar-refractivity contribution in [1.29, 1.82) is 0 Å². The van der Waals surface area contributed by atoms with Gasteiger partial charge in [0.15, 0.2) is 4.34 Å². The molecule has 2 atom stereocenters. The molecule has 4 rings (SSSR count). The maximum atomic E-state index is 12.6. The Labute approximate surface area is 181 Å². The van der Waals surface area contributed by atoms with Gasteiger partial charge in [0.05, 0.1) is 13.0 Å². The average Bonchev–Trinajstić information content (AvgIpc) is 3.37. The fourth-order valence-corrected chi connectivity index (χ4v) is 6.98. The maximum Gasteiger partial charge on any atom is 0.353 e. The molecule has 0 spiro atoms. The molecule has 2 aromatic heterocycles. The van der Waals surface area contributed by atoms with E-state index in [1.807, 2.05) is 16.8 Å². The van der Waals surface area contributed by atoms with Gasteiger partial charge >= 0.3 is 5.97 Å². The van der Waals surface area contributed by atoms with E-state index in [0.29, 0.717) is 20.0 Å². The Bertz CT molecular complexity index is 989. The molecule has 0 saturated carbocycles. The number of carbonyl (C=O) groups is 3. The van der Waals surface area contributed by atoms with Gasteiger partial charge in [-0.15, -0.1) is 22.0 Å². The first-order chi connectivity index (χ1) is 14.0. The summed E-state index contributed by atoms with van der Waals surface area (Å²) in [7, 11) is 0. The van der Waals surface area contributed by atoms with Crippen molar-refractivity contribution in [3.8, 4) is 0 Å². The number of aliphatic carboxylic acids is 1. The second-order valence-corrected chi connectivity index (χ2v) is 10.4. The van der Waals surface area contributed by atoms with Crippen LogP contribution >= 0.6 is 46.2 Å². The molecule has 0 unspecified atom stereocenters. The van der Waals surface area contributed by atoms with Crippen molar-refractivity contribution in [3.63, 3.8) is 0 Å². The SMILES string of the molecule is O=C(Cc1ccsc1)N[C@@H]1C(=O)N2C(C(=O)O)=C(Sc3nnc(CO)s3)CS[C@H]12.